The first-order chi connectivity index (χ1) is 13.6. The van der Waals surface area contributed by atoms with E-state index in [1.165, 1.54) is 21.6 Å². The van der Waals surface area contributed by atoms with E-state index >= 15 is 0 Å². The van der Waals surface area contributed by atoms with Gasteiger partial charge in [0, 0.05) is 29.3 Å². The molecule has 3 nitrogen and oxygen atoms in total. The normalized spacial score (nSPS) is 21.2. The quantitative estimate of drug-likeness (QED) is 0.685. The zero-order chi connectivity index (χ0) is 19.5. The Hall–Kier alpha value is -1.49. The van der Waals surface area contributed by atoms with Crippen LogP contribution in [0.25, 0.3) is 0 Å². The highest BCUT2D eigenvalue weighted by molar-refractivity contribution is 7.98. The minimum atomic E-state index is 0. The summed E-state index contributed by atoms with van der Waals surface area (Å²) in [6.07, 6.45) is 2.26. The highest BCUT2D eigenvalue weighted by Crippen LogP contribution is 2.29. The zero-order valence-electron chi connectivity index (χ0n) is 17.3. The number of thioether (sulfide) groups is 1. The van der Waals surface area contributed by atoms with Crippen molar-refractivity contribution in [2.45, 2.75) is 37.3 Å². The van der Waals surface area contributed by atoms with Crippen LogP contribution in [0.2, 0.25) is 0 Å². The number of hydrogen-bond donors (Lipinski definition) is 1. The van der Waals surface area contributed by atoms with E-state index in [1.54, 1.807) is 0 Å². The van der Waals surface area contributed by atoms with Crippen LogP contribution in [0.15, 0.2) is 47.4 Å². The van der Waals surface area contributed by atoms with Crippen molar-refractivity contribution < 1.29 is 4.79 Å². The second-order valence-corrected chi connectivity index (χ2v) is 9.32. The molecule has 2 atom stereocenters. The molecule has 4 rings (SSSR count). The molecule has 0 aromatic heterocycles. The molecule has 2 saturated heterocycles. The number of carbonyl (C=O) groups is 1. The lowest BCUT2D eigenvalue weighted by atomic mass is 9.92. The number of amides is 1. The Morgan fingerprint density at radius 2 is 1.79 bits per heavy atom. The highest BCUT2D eigenvalue weighted by atomic mass is 35.5. The summed E-state index contributed by atoms with van der Waals surface area (Å²) < 4.78 is 0. The van der Waals surface area contributed by atoms with Gasteiger partial charge in [-0.05, 0) is 80.9 Å². The van der Waals surface area contributed by atoms with Gasteiger partial charge in [0.2, 0.25) is 0 Å². The van der Waals surface area contributed by atoms with Crippen molar-refractivity contribution in [1.82, 2.24) is 10.2 Å². The topological polar surface area (TPSA) is 32.3 Å². The average molecular weight is 431 g/mol. The van der Waals surface area contributed by atoms with E-state index < -0.39 is 0 Å². The van der Waals surface area contributed by atoms with E-state index in [4.69, 9.17) is 0 Å². The van der Waals surface area contributed by atoms with Gasteiger partial charge in [0.1, 0.15) is 0 Å². The molecule has 1 N–H and O–H groups in total. The van der Waals surface area contributed by atoms with Crippen LogP contribution in [0.5, 0.6) is 0 Å². The van der Waals surface area contributed by atoms with Crippen LogP contribution in [0, 0.1) is 25.7 Å². The van der Waals surface area contributed by atoms with Gasteiger partial charge in [-0.25, -0.2) is 0 Å². The third-order valence-corrected chi connectivity index (χ3v) is 7.45. The van der Waals surface area contributed by atoms with Crippen LogP contribution in [-0.4, -0.2) is 37.0 Å². The number of fused-ring (bicyclic) bond motifs is 1. The summed E-state index contributed by atoms with van der Waals surface area (Å²) in [5, 5.41) is 3.50. The van der Waals surface area contributed by atoms with Gasteiger partial charge in [-0.1, -0.05) is 29.8 Å². The molecular formula is C24H31ClN2OS. The van der Waals surface area contributed by atoms with Gasteiger partial charge in [0.05, 0.1) is 0 Å². The fourth-order valence-electron chi connectivity index (χ4n) is 4.42. The summed E-state index contributed by atoms with van der Waals surface area (Å²) in [6, 6.07) is 14.8. The third-order valence-electron chi connectivity index (χ3n) is 6.22. The average Bonchev–Trinajstić information content (AvgIpc) is 3.06. The van der Waals surface area contributed by atoms with Crippen molar-refractivity contribution in [2.75, 3.05) is 26.2 Å². The number of nitrogens with zero attached hydrogens (tertiary/aromatic N) is 1. The molecule has 0 spiro atoms. The molecule has 2 aliphatic heterocycles. The van der Waals surface area contributed by atoms with E-state index in [0.29, 0.717) is 0 Å². The monoisotopic (exact) mass is 430 g/mol. The van der Waals surface area contributed by atoms with Crippen molar-refractivity contribution in [2.24, 2.45) is 11.8 Å². The Kier molecular flexibility index (Phi) is 7.66. The lowest BCUT2D eigenvalue weighted by Gasteiger charge is -2.21. The maximum absolute atomic E-state index is 13.1. The van der Waals surface area contributed by atoms with Crippen LogP contribution in [0.4, 0.5) is 0 Å². The predicted octanol–water partition coefficient (Wildman–Crippen LogP) is 5.09. The summed E-state index contributed by atoms with van der Waals surface area (Å²) in [5.41, 5.74) is 4.66. The van der Waals surface area contributed by atoms with E-state index in [1.807, 2.05) is 23.9 Å². The van der Waals surface area contributed by atoms with Crippen molar-refractivity contribution in [3.63, 3.8) is 0 Å². The molecule has 2 aliphatic rings. The summed E-state index contributed by atoms with van der Waals surface area (Å²) in [4.78, 5) is 16.5. The molecule has 0 saturated carbocycles. The second-order valence-electron chi connectivity index (χ2n) is 8.31. The minimum Gasteiger partial charge on any atom is -0.339 e. The predicted molar refractivity (Wildman–Crippen MR) is 124 cm³/mol. The van der Waals surface area contributed by atoms with Gasteiger partial charge in [-0.2, -0.15) is 0 Å². The summed E-state index contributed by atoms with van der Waals surface area (Å²) >= 11 is 1.85. The molecule has 0 unspecified atom stereocenters. The molecule has 2 aromatic rings. The molecule has 0 radical (unpaired) electrons. The molecule has 2 aromatic carbocycles. The summed E-state index contributed by atoms with van der Waals surface area (Å²) in [5.74, 6) is 2.59. The Morgan fingerprint density at radius 1 is 1.07 bits per heavy atom. The van der Waals surface area contributed by atoms with Crippen LogP contribution in [0.3, 0.4) is 0 Å². The number of halogens is 1. The van der Waals surface area contributed by atoms with Crippen molar-refractivity contribution in [3.05, 3.63) is 64.7 Å². The number of carbonyl (C=O) groups excluding carboxylic acids is 1. The van der Waals surface area contributed by atoms with Crippen LogP contribution in [-0.2, 0) is 5.75 Å². The zero-order valence-corrected chi connectivity index (χ0v) is 19.0. The molecule has 29 heavy (non-hydrogen) atoms. The van der Waals surface area contributed by atoms with Gasteiger partial charge in [0.25, 0.3) is 5.91 Å². The summed E-state index contributed by atoms with van der Waals surface area (Å²) in [6.45, 7) is 8.32. The maximum atomic E-state index is 13.1. The maximum Gasteiger partial charge on any atom is 0.253 e. The first-order valence-corrected chi connectivity index (χ1v) is 11.4. The molecule has 2 fully saturated rings. The fraction of sp³-hybridized carbons (Fsp3) is 0.458. The van der Waals surface area contributed by atoms with Gasteiger partial charge in [-0.3, -0.25) is 4.79 Å². The molecule has 1 amide bonds. The lowest BCUT2D eigenvalue weighted by molar-refractivity contribution is 0.0758. The van der Waals surface area contributed by atoms with E-state index in [2.05, 4.69) is 54.4 Å². The second kappa shape index (κ2) is 10.0. The van der Waals surface area contributed by atoms with Gasteiger partial charge in [-0.15, -0.1) is 24.2 Å². The molecule has 0 bridgehead atoms. The number of likely N-dealkylation sites (tertiary alicyclic amines) is 1. The van der Waals surface area contributed by atoms with E-state index in [0.717, 1.165) is 62.2 Å². The number of nitrogens with one attached hydrogen (secondary N) is 1. The number of hydrogen-bond acceptors (Lipinski definition) is 3. The molecule has 2 heterocycles. The van der Waals surface area contributed by atoms with Gasteiger partial charge >= 0.3 is 0 Å². The largest absolute Gasteiger partial charge is 0.339 e. The van der Waals surface area contributed by atoms with Gasteiger partial charge in [0.15, 0.2) is 0 Å². The molecule has 0 aliphatic carbocycles. The first-order valence-electron chi connectivity index (χ1n) is 10.4. The lowest BCUT2D eigenvalue weighted by Crippen LogP contribution is -2.32. The van der Waals surface area contributed by atoms with Crippen LogP contribution < -0.4 is 5.32 Å². The number of benzene rings is 2. The fourth-order valence-corrected chi connectivity index (χ4v) is 5.49. The standard InChI is InChI=1S/C24H30N2OS.ClH/c1-17-6-7-18(2)23(12-17)28-16-19-4-3-5-20(13-19)24(27)26-10-8-21-14-25-15-22(21)9-11-26;/h3-7,12-13,21-22,25H,8-11,14-16H2,1-2H3;1H/t21-,22+;. The number of rotatable bonds is 4. The van der Waals surface area contributed by atoms with Gasteiger partial charge < -0.3 is 10.2 Å². The van der Waals surface area contributed by atoms with E-state index in [-0.39, 0.29) is 18.3 Å². The summed E-state index contributed by atoms with van der Waals surface area (Å²) in [7, 11) is 0. The first kappa shape index (κ1) is 22.2. The third kappa shape index (κ3) is 5.36. The Balaban J connectivity index is 0.00000240. The van der Waals surface area contributed by atoms with E-state index in [9.17, 15) is 4.79 Å². The minimum absolute atomic E-state index is 0. The van der Waals surface area contributed by atoms with Crippen molar-refractivity contribution >= 4 is 30.1 Å². The Labute approximate surface area is 185 Å². The highest BCUT2D eigenvalue weighted by Gasteiger charge is 2.31. The number of aryl methyl sites for hydroxylation is 2. The van der Waals surface area contributed by atoms with Crippen LogP contribution in [0.1, 0.15) is 39.9 Å². The molecule has 5 heteroatoms. The molecule has 156 valence electrons. The van der Waals surface area contributed by atoms with Crippen LogP contribution >= 0.6 is 24.2 Å². The smallest absolute Gasteiger partial charge is 0.253 e. The van der Waals surface area contributed by atoms with Crippen molar-refractivity contribution in [1.29, 1.82) is 0 Å². The molecular weight excluding hydrogens is 400 g/mol. The SMILES string of the molecule is Cc1ccc(C)c(SCc2cccc(C(=O)N3CC[C@@H]4CNC[C@@H]4CC3)c2)c1.Cl. The Morgan fingerprint density at radius 3 is 2.52 bits per heavy atom. The van der Waals surface area contributed by atoms with Crippen molar-refractivity contribution in [3.8, 4) is 0 Å². The Bertz CT molecular complexity index is 843.